The van der Waals surface area contributed by atoms with Crippen LogP contribution in [0, 0.1) is 5.82 Å². The molecule has 10 heteroatoms. The lowest BCUT2D eigenvalue weighted by Gasteiger charge is -2.26. The molecule has 3 aromatic rings. The lowest BCUT2D eigenvalue weighted by molar-refractivity contribution is -0.132. The molecule has 8 nitrogen and oxygen atoms in total. The number of ether oxygens (including phenoxy) is 4. The van der Waals surface area contributed by atoms with Gasteiger partial charge in [-0.25, -0.2) is 4.39 Å². The van der Waals surface area contributed by atoms with Crippen LogP contribution in [0.4, 0.5) is 10.1 Å². The minimum absolute atomic E-state index is 0.196. The van der Waals surface area contributed by atoms with E-state index in [4.69, 9.17) is 30.5 Å². The van der Waals surface area contributed by atoms with Gasteiger partial charge >= 0.3 is 0 Å². The highest BCUT2D eigenvalue weighted by Crippen LogP contribution is 2.47. The molecule has 0 aromatic heterocycles. The molecule has 1 heterocycles. The van der Waals surface area contributed by atoms with Crippen LogP contribution in [-0.2, 0) is 9.59 Å². The Hall–Kier alpha value is -4.24. The van der Waals surface area contributed by atoms with Gasteiger partial charge in [0, 0.05) is 11.3 Å². The van der Waals surface area contributed by atoms with E-state index in [2.05, 4.69) is 0 Å². The van der Waals surface area contributed by atoms with Crippen LogP contribution in [0.25, 0.3) is 5.76 Å². The number of aliphatic hydroxyl groups is 1. The largest absolute Gasteiger partial charge is 0.507 e. The Labute approximate surface area is 223 Å². The van der Waals surface area contributed by atoms with Crippen LogP contribution in [0.1, 0.15) is 24.1 Å². The van der Waals surface area contributed by atoms with Gasteiger partial charge in [0.25, 0.3) is 11.7 Å². The number of ketones is 1. The zero-order chi connectivity index (χ0) is 27.6. The van der Waals surface area contributed by atoms with Crippen molar-refractivity contribution in [3.05, 3.63) is 82.1 Å². The minimum atomic E-state index is -1.12. The number of hydrogen-bond acceptors (Lipinski definition) is 7. The number of anilines is 1. The van der Waals surface area contributed by atoms with Gasteiger partial charge in [0.05, 0.1) is 44.6 Å². The molecule has 38 heavy (non-hydrogen) atoms. The van der Waals surface area contributed by atoms with Crippen LogP contribution in [0.15, 0.2) is 60.2 Å². The summed E-state index contributed by atoms with van der Waals surface area (Å²) in [6.07, 6.45) is 0. The molecule has 1 unspecified atom stereocenters. The van der Waals surface area contributed by atoms with Crippen molar-refractivity contribution in [1.82, 2.24) is 0 Å². The van der Waals surface area contributed by atoms with Crippen molar-refractivity contribution in [3.63, 3.8) is 0 Å². The van der Waals surface area contributed by atoms with E-state index in [0.717, 1.165) is 0 Å². The third-order valence-electron chi connectivity index (χ3n) is 6.06. The maximum Gasteiger partial charge on any atom is 0.300 e. The quantitative estimate of drug-likeness (QED) is 0.228. The highest BCUT2D eigenvalue weighted by atomic mass is 35.5. The van der Waals surface area contributed by atoms with Gasteiger partial charge in [0.15, 0.2) is 11.5 Å². The summed E-state index contributed by atoms with van der Waals surface area (Å²) in [5.41, 5.74) is 0.645. The molecule has 4 rings (SSSR count). The second-order valence-corrected chi connectivity index (χ2v) is 8.59. The van der Waals surface area contributed by atoms with Gasteiger partial charge in [-0.05, 0) is 67.1 Å². The Morgan fingerprint density at radius 1 is 0.947 bits per heavy atom. The Kier molecular flexibility index (Phi) is 7.78. The van der Waals surface area contributed by atoms with Crippen molar-refractivity contribution in [3.8, 4) is 23.0 Å². The number of halogens is 2. The summed E-state index contributed by atoms with van der Waals surface area (Å²) in [6.45, 7) is 2.10. The Morgan fingerprint density at radius 2 is 1.58 bits per heavy atom. The van der Waals surface area contributed by atoms with Crippen LogP contribution in [-0.4, -0.2) is 44.7 Å². The van der Waals surface area contributed by atoms with E-state index in [-0.39, 0.29) is 28.3 Å². The molecule has 1 atom stereocenters. The van der Waals surface area contributed by atoms with Gasteiger partial charge in [-0.3, -0.25) is 14.5 Å². The Bertz CT molecular complexity index is 1400. The van der Waals surface area contributed by atoms with Crippen LogP contribution in [0.3, 0.4) is 0 Å². The fraction of sp³-hybridized carbons (Fsp3) is 0.214. The van der Waals surface area contributed by atoms with E-state index in [0.29, 0.717) is 28.7 Å². The topological polar surface area (TPSA) is 94.5 Å². The molecule has 1 fully saturated rings. The first-order chi connectivity index (χ1) is 18.2. The van der Waals surface area contributed by atoms with Crippen LogP contribution >= 0.6 is 11.6 Å². The number of carbonyl (C=O) groups is 2. The van der Waals surface area contributed by atoms with E-state index in [1.54, 1.807) is 19.1 Å². The summed E-state index contributed by atoms with van der Waals surface area (Å²) in [7, 11) is 4.31. The Balaban J connectivity index is 2.00. The van der Waals surface area contributed by atoms with Crippen molar-refractivity contribution in [2.75, 3.05) is 32.8 Å². The molecule has 0 bridgehead atoms. The van der Waals surface area contributed by atoms with Gasteiger partial charge in [0.2, 0.25) is 5.75 Å². The van der Waals surface area contributed by atoms with Gasteiger partial charge in [-0.1, -0.05) is 11.6 Å². The number of methoxy groups -OCH3 is 3. The third kappa shape index (κ3) is 4.72. The monoisotopic (exact) mass is 541 g/mol. The highest BCUT2D eigenvalue weighted by Gasteiger charge is 2.47. The number of hydrogen-bond donors (Lipinski definition) is 1. The lowest BCUT2D eigenvalue weighted by Crippen LogP contribution is -2.29. The highest BCUT2D eigenvalue weighted by molar-refractivity contribution is 6.51. The van der Waals surface area contributed by atoms with Gasteiger partial charge in [0.1, 0.15) is 17.3 Å². The van der Waals surface area contributed by atoms with Crippen LogP contribution in [0.5, 0.6) is 23.0 Å². The molecular formula is C28H25ClFNO7. The number of carbonyl (C=O) groups excluding carboxylic acids is 2. The summed E-state index contributed by atoms with van der Waals surface area (Å²) in [5, 5.41) is 11.7. The average molecular weight is 542 g/mol. The molecule has 1 N–H and O–H groups in total. The first kappa shape index (κ1) is 26.8. The molecular weight excluding hydrogens is 517 g/mol. The summed E-state index contributed by atoms with van der Waals surface area (Å²) in [4.78, 5) is 28.0. The maximum absolute atomic E-state index is 13.7. The number of amides is 1. The second-order valence-electron chi connectivity index (χ2n) is 8.18. The SMILES string of the molecule is CCOc1cc(/C(O)=C2\C(=O)C(=O)N(c3ccc(F)cc3)C2c2cc(OC)c(OC)c(OC)c2)ccc1Cl. The number of Topliss-reactive ketones (excluding diaryl/α,β-unsaturated/α-hetero) is 1. The van der Waals surface area contributed by atoms with E-state index in [9.17, 15) is 19.1 Å². The van der Waals surface area contributed by atoms with E-state index in [1.165, 1.54) is 68.7 Å². The van der Waals surface area contributed by atoms with Crippen molar-refractivity contribution in [1.29, 1.82) is 0 Å². The number of rotatable bonds is 8. The summed E-state index contributed by atoms with van der Waals surface area (Å²) in [5.74, 6) is -1.64. The summed E-state index contributed by atoms with van der Waals surface area (Å²) >= 11 is 6.20. The van der Waals surface area contributed by atoms with E-state index < -0.39 is 29.3 Å². The maximum atomic E-state index is 13.7. The summed E-state index contributed by atoms with van der Waals surface area (Å²) in [6, 6.07) is 11.7. The van der Waals surface area contributed by atoms with Crippen molar-refractivity contribution < 1.29 is 38.0 Å². The third-order valence-corrected chi connectivity index (χ3v) is 6.37. The molecule has 1 saturated heterocycles. The first-order valence-electron chi connectivity index (χ1n) is 11.5. The molecule has 0 radical (unpaired) electrons. The molecule has 0 spiro atoms. The second kappa shape index (κ2) is 11.0. The molecule has 3 aromatic carbocycles. The zero-order valence-corrected chi connectivity index (χ0v) is 21.8. The first-order valence-corrected chi connectivity index (χ1v) is 11.9. The molecule has 1 amide bonds. The van der Waals surface area contributed by atoms with Crippen molar-refractivity contribution in [2.24, 2.45) is 0 Å². The normalized spacial score (nSPS) is 16.5. The average Bonchev–Trinajstić information content (AvgIpc) is 3.19. The molecule has 0 aliphatic carbocycles. The molecule has 198 valence electrons. The number of benzene rings is 3. The predicted octanol–water partition coefficient (Wildman–Crippen LogP) is 5.53. The van der Waals surface area contributed by atoms with Gasteiger partial charge < -0.3 is 24.1 Å². The number of aliphatic hydroxyl groups excluding tert-OH is 1. The molecule has 1 aliphatic heterocycles. The van der Waals surface area contributed by atoms with Crippen LogP contribution < -0.4 is 23.8 Å². The zero-order valence-electron chi connectivity index (χ0n) is 21.1. The molecule has 1 aliphatic rings. The summed E-state index contributed by atoms with van der Waals surface area (Å²) < 4.78 is 35.6. The minimum Gasteiger partial charge on any atom is -0.507 e. The van der Waals surface area contributed by atoms with Crippen LogP contribution in [0.2, 0.25) is 5.02 Å². The van der Waals surface area contributed by atoms with Gasteiger partial charge in [-0.15, -0.1) is 0 Å². The fourth-order valence-electron chi connectivity index (χ4n) is 4.35. The number of nitrogens with zero attached hydrogens (tertiary/aromatic N) is 1. The Morgan fingerprint density at radius 3 is 2.13 bits per heavy atom. The van der Waals surface area contributed by atoms with Crippen molar-refractivity contribution >= 4 is 34.7 Å². The molecule has 0 saturated carbocycles. The standard InChI is InChI=1S/C28H25ClFNO7/c1-5-38-20-12-15(6-11-19(20)29)25(32)23-24(16-13-21(35-2)27(37-4)22(14-16)36-3)31(28(34)26(23)33)18-9-7-17(30)8-10-18/h6-14,24,32H,5H2,1-4H3/b25-23+. The predicted molar refractivity (Wildman–Crippen MR) is 140 cm³/mol. The smallest absolute Gasteiger partial charge is 0.300 e. The van der Waals surface area contributed by atoms with Crippen molar-refractivity contribution in [2.45, 2.75) is 13.0 Å². The fourth-order valence-corrected chi connectivity index (χ4v) is 4.52. The van der Waals surface area contributed by atoms with E-state index >= 15 is 0 Å². The van der Waals surface area contributed by atoms with E-state index in [1.807, 2.05) is 0 Å². The van der Waals surface area contributed by atoms with Gasteiger partial charge in [-0.2, -0.15) is 0 Å². The lowest BCUT2D eigenvalue weighted by atomic mass is 9.94.